The summed E-state index contributed by atoms with van der Waals surface area (Å²) >= 11 is 0. The lowest BCUT2D eigenvalue weighted by molar-refractivity contribution is -0.384. The molecule has 0 aromatic carbocycles. The highest BCUT2D eigenvalue weighted by atomic mass is 16.8. The van der Waals surface area contributed by atoms with Crippen LogP contribution < -0.4 is 5.32 Å². The number of carboxylic acid groups (broad SMARTS) is 1. The maximum atomic E-state index is 12.5. The molecule has 5 saturated heterocycles. The van der Waals surface area contributed by atoms with Crippen LogP contribution in [0, 0.1) is 0 Å². The first-order valence-corrected chi connectivity index (χ1v) is 18.6. The van der Waals surface area contributed by atoms with Crippen LogP contribution in [0.25, 0.3) is 0 Å². The maximum absolute atomic E-state index is 12.5. The molecule has 5 heterocycles. The molecule has 0 aliphatic carbocycles. The van der Waals surface area contributed by atoms with Gasteiger partial charge in [-0.05, 0) is 0 Å². The molecule has 0 radical (unpaired) electrons. The summed E-state index contributed by atoms with van der Waals surface area (Å²) in [7, 11) is 0. The molecular weight excluding hydrogens is 830 g/mol. The largest absolute Gasteiger partial charge is 0.479 e. The summed E-state index contributed by atoms with van der Waals surface area (Å²) in [6, 6.07) is -1.74. The number of carboxylic acids is 1. The second kappa shape index (κ2) is 20.7. The van der Waals surface area contributed by atoms with Gasteiger partial charge >= 0.3 is 5.97 Å². The summed E-state index contributed by atoms with van der Waals surface area (Å²) in [4.78, 5) is 24.1. The van der Waals surface area contributed by atoms with Crippen molar-refractivity contribution in [3.63, 3.8) is 0 Å². The quantitative estimate of drug-likeness (QED) is 0.0770. The first kappa shape index (κ1) is 49.0. The molecule has 5 fully saturated rings. The molecule has 0 aromatic heterocycles. The number of nitrogens with one attached hydrogen (secondary N) is 1. The predicted octanol–water partition coefficient (Wildman–Crippen LogP) is -11.7. The molecule has 17 N–H and O–H groups in total. The van der Waals surface area contributed by atoms with Gasteiger partial charge in [-0.3, -0.25) is 4.79 Å². The van der Waals surface area contributed by atoms with Gasteiger partial charge in [-0.2, -0.15) is 0 Å². The van der Waals surface area contributed by atoms with E-state index in [0.717, 1.165) is 6.92 Å². The Hall–Kier alpha value is -2.02. The Bertz CT molecular complexity index is 1400. The SMILES string of the molecule is CC(=O)N[C@@H]1[C@H](O[C@H]2[C@H](O)[C@@H](O)[C@H](O[C@H]3[C@H](O)[C@@H](O)[C@@H](O)O[C@@H]3CO)O[C@@H]2CO)O[C@H](CO)[C@@H](O)[C@@H]1O[C@H]1O[C@H](CO)[C@H](O)[C@H](O[C@H]2O[C@H](C(=O)O)[C@@H](O)[C@H](O)[C@H]2O)[C@H]1O. The van der Waals surface area contributed by atoms with E-state index < -0.39 is 192 Å². The van der Waals surface area contributed by atoms with Crippen molar-refractivity contribution in [2.24, 2.45) is 0 Å². The standard InChI is InChI=1S/C32H53NO27/c1-6(38)33-11-24(58-32-21(48)25(13(40)8(3-35)54-32)59-31-19(46)14(41)15(42)26(60-31)27(49)50)12(39)7(2-34)53-29(11)56-23-10(5-37)55-30(20(47)17(23)44)57-22-9(4-36)52-28(51)18(45)16(22)43/h7-26,28-32,34-37,39-48,51H,2-5H2,1H3,(H,33,38)(H,49,50)/t7-,8-,9-,10-,11+,12-,13+,14+,15+,16-,17-,18-,19-,20-,21-,22-,23-,24-,25+,26+,28+,29+,30+,31+,32-/m1/s1. The number of aliphatic hydroxyl groups excluding tert-OH is 15. The second-order valence-electron chi connectivity index (χ2n) is 14.7. The maximum Gasteiger partial charge on any atom is 0.335 e. The molecular formula is C32H53NO27. The third kappa shape index (κ3) is 10.0. The molecule has 5 rings (SSSR count). The monoisotopic (exact) mass is 883 g/mol. The van der Waals surface area contributed by atoms with Crippen LogP contribution in [0.3, 0.4) is 0 Å². The number of hydrogen-bond acceptors (Lipinski definition) is 26. The van der Waals surface area contributed by atoms with E-state index in [4.69, 9.17) is 42.6 Å². The molecule has 5 aliphatic rings. The zero-order valence-corrected chi connectivity index (χ0v) is 31.4. The highest BCUT2D eigenvalue weighted by Crippen LogP contribution is 2.36. The molecule has 5 aliphatic heterocycles. The average molecular weight is 884 g/mol. The summed E-state index contributed by atoms with van der Waals surface area (Å²) in [6.45, 7) is -2.87. The number of hydrogen-bond donors (Lipinski definition) is 17. The number of amides is 1. The lowest BCUT2D eigenvalue weighted by atomic mass is 9.94. The van der Waals surface area contributed by atoms with Crippen LogP contribution in [0.4, 0.5) is 0 Å². The third-order valence-corrected chi connectivity index (χ3v) is 10.7. The number of ether oxygens (including phenoxy) is 9. The third-order valence-electron chi connectivity index (χ3n) is 10.7. The summed E-state index contributed by atoms with van der Waals surface area (Å²) in [5, 5.41) is 169. The molecule has 348 valence electrons. The molecule has 28 nitrogen and oxygen atoms in total. The van der Waals surface area contributed by atoms with Crippen LogP contribution in [0.1, 0.15) is 6.92 Å². The molecule has 60 heavy (non-hydrogen) atoms. The van der Waals surface area contributed by atoms with E-state index in [0.29, 0.717) is 0 Å². The van der Waals surface area contributed by atoms with E-state index in [1.165, 1.54) is 0 Å². The fraction of sp³-hybridized carbons (Fsp3) is 0.938. The van der Waals surface area contributed by atoms with Crippen molar-refractivity contribution in [1.29, 1.82) is 0 Å². The topological polar surface area (TPSA) is 453 Å². The minimum absolute atomic E-state index is 0.848. The normalized spacial score (nSPS) is 50.2. The first-order chi connectivity index (χ1) is 28.3. The lowest BCUT2D eigenvalue weighted by Crippen LogP contribution is -2.70. The Balaban J connectivity index is 1.37. The van der Waals surface area contributed by atoms with Gasteiger partial charge in [0.15, 0.2) is 37.6 Å². The molecule has 0 saturated carbocycles. The number of rotatable bonds is 14. The van der Waals surface area contributed by atoms with Crippen LogP contribution in [0.15, 0.2) is 0 Å². The summed E-state index contributed by atoms with van der Waals surface area (Å²) in [5.74, 6) is -2.63. The van der Waals surface area contributed by atoms with E-state index in [1.807, 2.05) is 0 Å². The van der Waals surface area contributed by atoms with Gasteiger partial charge in [0.05, 0.1) is 26.4 Å². The van der Waals surface area contributed by atoms with Crippen molar-refractivity contribution in [3.05, 3.63) is 0 Å². The number of carbonyl (C=O) groups is 2. The van der Waals surface area contributed by atoms with Crippen molar-refractivity contribution in [2.75, 3.05) is 26.4 Å². The highest BCUT2D eigenvalue weighted by Gasteiger charge is 2.57. The van der Waals surface area contributed by atoms with Crippen LogP contribution in [0.5, 0.6) is 0 Å². The van der Waals surface area contributed by atoms with Crippen LogP contribution in [-0.2, 0) is 52.2 Å². The Kier molecular flexibility index (Phi) is 16.9. The van der Waals surface area contributed by atoms with Crippen molar-refractivity contribution in [2.45, 2.75) is 160 Å². The highest BCUT2D eigenvalue weighted by molar-refractivity contribution is 5.73. The number of aliphatic carboxylic acids is 1. The lowest BCUT2D eigenvalue weighted by Gasteiger charge is -2.50. The number of carbonyl (C=O) groups excluding carboxylic acids is 1. The van der Waals surface area contributed by atoms with Gasteiger partial charge in [0.25, 0.3) is 0 Å². The number of aliphatic hydroxyl groups is 15. The molecule has 1 amide bonds. The van der Waals surface area contributed by atoms with Gasteiger partial charge in [0.1, 0.15) is 116 Å². The van der Waals surface area contributed by atoms with Gasteiger partial charge in [-0.1, -0.05) is 0 Å². The average Bonchev–Trinajstić information content (AvgIpc) is 3.21. The molecule has 0 unspecified atom stereocenters. The van der Waals surface area contributed by atoms with Gasteiger partial charge in [-0.15, -0.1) is 0 Å². The van der Waals surface area contributed by atoms with Crippen molar-refractivity contribution in [1.82, 2.24) is 5.32 Å². The van der Waals surface area contributed by atoms with Crippen molar-refractivity contribution in [3.8, 4) is 0 Å². The van der Waals surface area contributed by atoms with Crippen molar-refractivity contribution < 1.29 is 134 Å². The van der Waals surface area contributed by atoms with Crippen LogP contribution in [0.2, 0.25) is 0 Å². The fourth-order valence-corrected chi connectivity index (χ4v) is 7.41. The van der Waals surface area contributed by atoms with E-state index in [9.17, 15) is 91.3 Å². The van der Waals surface area contributed by atoms with Crippen LogP contribution >= 0.6 is 0 Å². The summed E-state index contributed by atoms with van der Waals surface area (Å²) in [5.41, 5.74) is 0. The Morgan fingerprint density at radius 3 is 1.42 bits per heavy atom. The molecule has 28 heteroatoms. The zero-order chi connectivity index (χ0) is 44.5. The van der Waals surface area contributed by atoms with Gasteiger partial charge < -0.3 is 130 Å². The Labute approximate surface area is 338 Å². The minimum atomic E-state index is -2.21. The van der Waals surface area contributed by atoms with E-state index in [2.05, 4.69) is 5.32 Å². The smallest absolute Gasteiger partial charge is 0.335 e. The first-order valence-electron chi connectivity index (χ1n) is 18.6. The second-order valence-corrected chi connectivity index (χ2v) is 14.7. The van der Waals surface area contributed by atoms with E-state index >= 15 is 0 Å². The van der Waals surface area contributed by atoms with Gasteiger partial charge in [-0.25, -0.2) is 4.79 Å². The molecule has 0 spiro atoms. The predicted molar refractivity (Wildman–Crippen MR) is 179 cm³/mol. The minimum Gasteiger partial charge on any atom is -0.479 e. The van der Waals surface area contributed by atoms with E-state index in [-0.39, 0.29) is 0 Å². The Morgan fingerprint density at radius 1 is 0.450 bits per heavy atom. The zero-order valence-electron chi connectivity index (χ0n) is 31.4. The molecule has 0 aromatic rings. The van der Waals surface area contributed by atoms with Gasteiger partial charge in [0, 0.05) is 6.92 Å². The Morgan fingerprint density at radius 2 is 0.867 bits per heavy atom. The molecule has 25 atom stereocenters. The fourth-order valence-electron chi connectivity index (χ4n) is 7.41. The summed E-state index contributed by atoms with van der Waals surface area (Å²) in [6.07, 6.45) is -46.8. The van der Waals surface area contributed by atoms with Gasteiger partial charge in [0.2, 0.25) is 5.91 Å². The van der Waals surface area contributed by atoms with Crippen molar-refractivity contribution >= 4 is 11.9 Å². The molecule has 0 bridgehead atoms. The van der Waals surface area contributed by atoms with E-state index in [1.54, 1.807) is 0 Å². The van der Waals surface area contributed by atoms with Crippen LogP contribution in [-0.4, -0.2) is 273 Å². The summed E-state index contributed by atoms with van der Waals surface area (Å²) < 4.78 is 49.7.